The molecule has 0 saturated heterocycles. The zero-order chi connectivity index (χ0) is 11.0. The Balaban J connectivity index is 2.42. The molecule has 82 valence electrons. The molecular weight excluding hydrogens is 198 g/mol. The Morgan fingerprint density at radius 2 is 1.93 bits per heavy atom. The minimum Gasteiger partial charge on any atom is -0.494 e. The van der Waals surface area contributed by atoms with Crippen molar-refractivity contribution in [3.63, 3.8) is 0 Å². The summed E-state index contributed by atoms with van der Waals surface area (Å²) in [4.78, 5) is 11.6. The van der Waals surface area contributed by atoms with Crippen molar-refractivity contribution in [3.05, 3.63) is 11.3 Å². The second-order valence-electron chi connectivity index (χ2n) is 3.90. The van der Waals surface area contributed by atoms with Gasteiger partial charge in [0.15, 0.2) is 0 Å². The SMILES string of the molecule is CC1CC2=C(C(=O)O1)/C(=N/O)CC(C)O2. The van der Waals surface area contributed by atoms with Gasteiger partial charge in [-0.3, -0.25) is 0 Å². The summed E-state index contributed by atoms with van der Waals surface area (Å²) in [6, 6.07) is 0. The molecule has 0 saturated carbocycles. The number of hydrogen-bond acceptors (Lipinski definition) is 5. The third-order valence-electron chi connectivity index (χ3n) is 2.50. The monoisotopic (exact) mass is 211 g/mol. The number of rotatable bonds is 0. The van der Waals surface area contributed by atoms with Gasteiger partial charge in [-0.25, -0.2) is 4.79 Å². The molecule has 2 atom stereocenters. The van der Waals surface area contributed by atoms with Gasteiger partial charge in [-0.1, -0.05) is 5.16 Å². The highest BCUT2D eigenvalue weighted by Gasteiger charge is 2.36. The van der Waals surface area contributed by atoms with Crippen LogP contribution in [-0.2, 0) is 14.3 Å². The van der Waals surface area contributed by atoms with E-state index in [1.165, 1.54) is 0 Å². The first kappa shape index (κ1) is 10.0. The standard InChI is InChI=1S/C10H13NO4/c1-5-3-7(11-13)9-8(14-5)4-6(2)15-10(9)12/h5-6,13H,3-4H2,1-2H3/b11-7+. The van der Waals surface area contributed by atoms with E-state index in [0.717, 1.165) is 0 Å². The summed E-state index contributed by atoms with van der Waals surface area (Å²) in [5.41, 5.74) is 0.661. The highest BCUT2D eigenvalue weighted by atomic mass is 16.6. The molecule has 5 nitrogen and oxygen atoms in total. The first-order valence-electron chi connectivity index (χ1n) is 4.94. The molecule has 2 unspecified atom stereocenters. The van der Waals surface area contributed by atoms with Crippen LogP contribution < -0.4 is 0 Å². The number of carbonyl (C=O) groups excluding carboxylic acids is 1. The Morgan fingerprint density at radius 3 is 2.60 bits per heavy atom. The Labute approximate surface area is 87.4 Å². The molecule has 0 spiro atoms. The van der Waals surface area contributed by atoms with E-state index in [9.17, 15) is 4.79 Å². The number of cyclic esters (lactones) is 1. The van der Waals surface area contributed by atoms with Crippen LogP contribution in [0.5, 0.6) is 0 Å². The van der Waals surface area contributed by atoms with Gasteiger partial charge in [-0.2, -0.15) is 0 Å². The normalized spacial score (nSPS) is 33.5. The molecule has 5 heteroatoms. The van der Waals surface area contributed by atoms with Gasteiger partial charge in [-0.05, 0) is 13.8 Å². The lowest BCUT2D eigenvalue weighted by molar-refractivity contribution is -0.145. The Morgan fingerprint density at radius 1 is 1.27 bits per heavy atom. The molecule has 1 N–H and O–H groups in total. The molecule has 2 aliphatic heterocycles. The van der Waals surface area contributed by atoms with Crippen LogP contribution in [0.3, 0.4) is 0 Å². The van der Waals surface area contributed by atoms with Crippen molar-refractivity contribution < 1.29 is 19.5 Å². The number of carbonyl (C=O) groups is 1. The Kier molecular flexibility index (Phi) is 2.38. The van der Waals surface area contributed by atoms with Crippen molar-refractivity contribution in [3.8, 4) is 0 Å². The third kappa shape index (κ3) is 1.69. The van der Waals surface area contributed by atoms with Gasteiger partial charge in [-0.15, -0.1) is 0 Å². The van der Waals surface area contributed by atoms with Crippen LogP contribution in [0, 0.1) is 0 Å². The van der Waals surface area contributed by atoms with Gasteiger partial charge < -0.3 is 14.7 Å². The number of oxime groups is 1. The summed E-state index contributed by atoms with van der Waals surface area (Å²) < 4.78 is 10.6. The highest BCUT2D eigenvalue weighted by Crippen LogP contribution is 2.30. The van der Waals surface area contributed by atoms with E-state index >= 15 is 0 Å². The van der Waals surface area contributed by atoms with Crippen LogP contribution in [0.15, 0.2) is 16.5 Å². The number of ether oxygens (including phenoxy) is 2. The molecule has 0 aliphatic carbocycles. The van der Waals surface area contributed by atoms with Crippen molar-refractivity contribution in [1.82, 2.24) is 0 Å². The van der Waals surface area contributed by atoms with Crippen LogP contribution in [0.1, 0.15) is 26.7 Å². The van der Waals surface area contributed by atoms with Gasteiger partial charge in [0.1, 0.15) is 29.3 Å². The zero-order valence-electron chi connectivity index (χ0n) is 8.69. The van der Waals surface area contributed by atoms with Gasteiger partial charge in [0, 0.05) is 12.8 Å². The van der Waals surface area contributed by atoms with Gasteiger partial charge >= 0.3 is 5.97 Å². The fraction of sp³-hybridized carbons (Fsp3) is 0.600. The molecule has 2 heterocycles. The van der Waals surface area contributed by atoms with Gasteiger partial charge in [0.05, 0.1) is 0 Å². The van der Waals surface area contributed by atoms with E-state index in [0.29, 0.717) is 29.9 Å². The van der Waals surface area contributed by atoms with Crippen LogP contribution in [0.4, 0.5) is 0 Å². The molecule has 0 fully saturated rings. The summed E-state index contributed by atoms with van der Waals surface area (Å²) in [6.07, 6.45) is 0.734. The van der Waals surface area contributed by atoms with Crippen molar-refractivity contribution >= 4 is 11.7 Å². The van der Waals surface area contributed by atoms with Crippen LogP contribution in [0.2, 0.25) is 0 Å². The molecule has 0 radical (unpaired) electrons. The third-order valence-corrected chi connectivity index (χ3v) is 2.50. The maximum atomic E-state index is 11.6. The van der Waals surface area contributed by atoms with Gasteiger partial charge in [0.25, 0.3) is 0 Å². The smallest absolute Gasteiger partial charge is 0.343 e. The second-order valence-corrected chi connectivity index (χ2v) is 3.90. The molecule has 15 heavy (non-hydrogen) atoms. The molecule has 0 aromatic carbocycles. The fourth-order valence-corrected chi connectivity index (χ4v) is 1.90. The molecular formula is C10H13NO4. The summed E-state index contributed by atoms with van der Waals surface area (Å²) in [5.74, 6) is 0.133. The minimum absolute atomic E-state index is 0.0623. The number of nitrogens with zero attached hydrogens (tertiary/aromatic N) is 1. The molecule has 0 aromatic heterocycles. The van der Waals surface area contributed by atoms with E-state index < -0.39 is 5.97 Å². The predicted molar refractivity (Wildman–Crippen MR) is 51.6 cm³/mol. The maximum Gasteiger partial charge on any atom is 0.343 e. The van der Waals surface area contributed by atoms with E-state index in [2.05, 4.69) is 5.16 Å². The van der Waals surface area contributed by atoms with Gasteiger partial charge in [0.2, 0.25) is 0 Å². The summed E-state index contributed by atoms with van der Waals surface area (Å²) in [6.45, 7) is 3.68. The lowest BCUT2D eigenvalue weighted by atomic mass is 9.96. The molecule has 2 aliphatic rings. The molecule has 0 bridgehead atoms. The average Bonchev–Trinajstić information content (AvgIpc) is 2.14. The van der Waals surface area contributed by atoms with Crippen LogP contribution in [0.25, 0.3) is 0 Å². The van der Waals surface area contributed by atoms with Crippen molar-refractivity contribution in [2.45, 2.75) is 38.9 Å². The number of esters is 1. The highest BCUT2D eigenvalue weighted by molar-refractivity contribution is 6.20. The largest absolute Gasteiger partial charge is 0.494 e. The Hall–Kier alpha value is -1.52. The Bertz CT molecular complexity index is 354. The zero-order valence-corrected chi connectivity index (χ0v) is 8.69. The summed E-state index contributed by atoms with van der Waals surface area (Å²) >= 11 is 0. The first-order valence-corrected chi connectivity index (χ1v) is 4.94. The predicted octanol–water partition coefficient (Wildman–Crippen LogP) is 1.21. The van der Waals surface area contributed by atoms with Crippen molar-refractivity contribution in [2.75, 3.05) is 0 Å². The van der Waals surface area contributed by atoms with Crippen molar-refractivity contribution in [2.24, 2.45) is 5.16 Å². The first-order chi connectivity index (χ1) is 7.11. The van der Waals surface area contributed by atoms with E-state index in [-0.39, 0.29) is 12.2 Å². The molecule has 0 aromatic rings. The lowest BCUT2D eigenvalue weighted by Crippen LogP contribution is -2.35. The topological polar surface area (TPSA) is 68.1 Å². The molecule has 0 amide bonds. The van der Waals surface area contributed by atoms with Crippen LogP contribution in [-0.4, -0.2) is 29.1 Å². The van der Waals surface area contributed by atoms with Crippen molar-refractivity contribution in [1.29, 1.82) is 0 Å². The van der Waals surface area contributed by atoms with E-state index in [1.54, 1.807) is 6.92 Å². The summed E-state index contributed by atoms with van der Waals surface area (Å²) in [5, 5.41) is 12.0. The molecule has 2 rings (SSSR count). The quantitative estimate of drug-likeness (QED) is 0.371. The van der Waals surface area contributed by atoms with E-state index in [4.69, 9.17) is 14.7 Å². The lowest BCUT2D eigenvalue weighted by Gasteiger charge is -2.31. The average molecular weight is 211 g/mol. The second kappa shape index (κ2) is 3.56. The van der Waals surface area contributed by atoms with E-state index in [1.807, 2.05) is 6.92 Å². The minimum atomic E-state index is -0.455. The summed E-state index contributed by atoms with van der Waals surface area (Å²) in [7, 11) is 0. The number of hydrogen-bond donors (Lipinski definition) is 1. The maximum absolute atomic E-state index is 11.6. The van der Waals surface area contributed by atoms with Crippen LogP contribution >= 0.6 is 0 Å². The fourth-order valence-electron chi connectivity index (χ4n) is 1.90.